The summed E-state index contributed by atoms with van der Waals surface area (Å²) in [5.74, 6) is -1.34. The van der Waals surface area contributed by atoms with Gasteiger partial charge < -0.3 is 15.2 Å². The smallest absolute Gasteiger partial charge is 0.256 e. The van der Waals surface area contributed by atoms with Crippen molar-refractivity contribution in [2.75, 3.05) is 13.1 Å². The van der Waals surface area contributed by atoms with Crippen molar-refractivity contribution in [2.45, 2.75) is 26.8 Å². The van der Waals surface area contributed by atoms with Gasteiger partial charge in [-0.25, -0.2) is 4.39 Å². The Kier molecular flexibility index (Phi) is 4.63. The van der Waals surface area contributed by atoms with Gasteiger partial charge in [0.15, 0.2) is 5.78 Å². The molecular formula is C19H20FN3O3. The van der Waals surface area contributed by atoms with Gasteiger partial charge in [-0.05, 0) is 37.1 Å². The van der Waals surface area contributed by atoms with E-state index in [-0.39, 0.29) is 17.6 Å². The summed E-state index contributed by atoms with van der Waals surface area (Å²) in [5, 5.41) is 2.72. The van der Waals surface area contributed by atoms with Crippen molar-refractivity contribution in [1.82, 2.24) is 15.2 Å². The number of nitrogens with zero attached hydrogens (tertiary/aromatic N) is 1. The molecule has 1 aliphatic heterocycles. The number of hydrogen-bond acceptors (Lipinski definition) is 3. The summed E-state index contributed by atoms with van der Waals surface area (Å²) in [7, 11) is 0. The van der Waals surface area contributed by atoms with Crippen LogP contribution in [-0.4, -0.2) is 40.6 Å². The first kappa shape index (κ1) is 17.8. The van der Waals surface area contributed by atoms with Crippen LogP contribution in [0.25, 0.3) is 0 Å². The van der Waals surface area contributed by atoms with Crippen LogP contribution in [0.3, 0.4) is 0 Å². The number of aromatic amines is 1. The van der Waals surface area contributed by atoms with E-state index in [0.29, 0.717) is 41.2 Å². The minimum atomic E-state index is -0.915. The summed E-state index contributed by atoms with van der Waals surface area (Å²) >= 11 is 0. The maximum atomic E-state index is 13.6. The number of aryl methyl sites for hydroxylation is 1. The molecule has 1 aliphatic rings. The zero-order chi connectivity index (χ0) is 19.0. The summed E-state index contributed by atoms with van der Waals surface area (Å²) in [6.07, 6.45) is 0. The molecule has 2 aromatic rings. The number of ketones is 1. The van der Waals surface area contributed by atoms with Crippen LogP contribution in [0.15, 0.2) is 24.3 Å². The molecule has 1 saturated heterocycles. The standard InChI is InChI=1S/C19H20FN3O3/c1-10-15(11(2)22-16(10)12(3)24)19(26)23-8-7-21-18(25)17(23)13-5-4-6-14(20)9-13/h4-6,9,17,22H,7-8H2,1-3H3,(H,21,25)/t17-/m0/s1. The van der Waals surface area contributed by atoms with E-state index < -0.39 is 11.9 Å². The first-order chi connectivity index (χ1) is 12.3. The third-order valence-corrected chi connectivity index (χ3v) is 4.64. The van der Waals surface area contributed by atoms with Crippen molar-refractivity contribution in [3.05, 3.63) is 58.2 Å². The lowest BCUT2D eigenvalue weighted by atomic mass is 9.99. The molecule has 7 heteroatoms. The van der Waals surface area contributed by atoms with Gasteiger partial charge >= 0.3 is 0 Å². The lowest BCUT2D eigenvalue weighted by Crippen LogP contribution is -2.52. The number of rotatable bonds is 3. The second-order valence-electron chi connectivity index (χ2n) is 6.43. The monoisotopic (exact) mass is 357 g/mol. The van der Waals surface area contributed by atoms with Gasteiger partial charge in [-0.3, -0.25) is 14.4 Å². The fourth-order valence-electron chi connectivity index (χ4n) is 3.46. The quantitative estimate of drug-likeness (QED) is 0.827. The van der Waals surface area contributed by atoms with Gasteiger partial charge in [0.1, 0.15) is 11.9 Å². The average Bonchev–Trinajstić information content (AvgIpc) is 2.88. The topological polar surface area (TPSA) is 82.3 Å². The predicted octanol–water partition coefficient (Wildman–Crippen LogP) is 2.29. The molecule has 1 aromatic carbocycles. The molecule has 26 heavy (non-hydrogen) atoms. The highest BCUT2D eigenvalue weighted by atomic mass is 19.1. The van der Waals surface area contributed by atoms with Crippen molar-refractivity contribution in [1.29, 1.82) is 0 Å². The summed E-state index contributed by atoms with van der Waals surface area (Å²) in [4.78, 5) is 41.8. The molecule has 6 nitrogen and oxygen atoms in total. The average molecular weight is 357 g/mol. The molecule has 2 N–H and O–H groups in total. The van der Waals surface area contributed by atoms with Crippen LogP contribution in [0, 0.1) is 19.7 Å². The van der Waals surface area contributed by atoms with E-state index in [1.807, 2.05) is 0 Å². The zero-order valence-electron chi connectivity index (χ0n) is 14.9. The number of hydrogen-bond donors (Lipinski definition) is 2. The molecule has 2 amide bonds. The molecule has 136 valence electrons. The number of aromatic nitrogens is 1. The molecule has 3 rings (SSSR count). The van der Waals surface area contributed by atoms with Crippen molar-refractivity contribution >= 4 is 17.6 Å². The van der Waals surface area contributed by atoms with Gasteiger partial charge in [-0.2, -0.15) is 0 Å². The van der Waals surface area contributed by atoms with Crippen LogP contribution in [0.2, 0.25) is 0 Å². The Morgan fingerprint density at radius 3 is 2.62 bits per heavy atom. The molecular weight excluding hydrogens is 337 g/mol. The van der Waals surface area contributed by atoms with Crippen molar-refractivity contribution in [3.63, 3.8) is 0 Å². The third-order valence-electron chi connectivity index (χ3n) is 4.64. The molecule has 2 heterocycles. The molecule has 0 bridgehead atoms. The maximum Gasteiger partial charge on any atom is 0.256 e. The van der Waals surface area contributed by atoms with Gasteiger partial charge in [0.2, 0.25) is 5.91 Å². The molecule has 0 radical (unpaired) electrons. The van der Waals surface area contributed by atoms with Crippen LogP contribution in [0.1, 0.15) is 50.6 Å². The van der Waals surface area contributed by atoms with E-state index in [2.05, 4.69) is 10.3 Å². The van der Waals surface area contributed by atoms with Crippen molar-refractivity contribution in [2.24, 2.45) is 0 Å². The first-order valence-electron chi connectivity index (χ1n) is 8.35. The highest BCUT2D eigenvalue weighted by Crippen LogP contribution is 2.28. The van der Waals surface area contributed by atoms with E-state index in [4.69, 9.17) is 0 Å². The summed E-state index contributed by atoms with van der Waals surface area (Å²) in [5.41, 5.74) is 2.31. The van der Waals surface area contributed by atoms with Crippen LogP contribution in [-0.2, 0) is 4.79 Å². The Hall–Kier alpha value is -2.96. The van der Waals surface area contributed by atoms with Gasteiger partial charge in [-0.15, -0.1) is 0 Å². The molecule has 0 unspecified atom stereocenters. The number of Topliss-reactive ketones (excluding diaryl/α,β-unsaturated/α-hetero) is 1. The first-order valence-corrected chi connectivity index (χ1v) is 8.35. The largest absolute Gasteiger partial charge is 0.355 e. The van der Waals surface area contributed by atoms with Crippen LogP contribution < -0.4 is 5.32 Å². The fraction of sp³-hybridized carbons (Fsp3) is 0.316. The summed E-state index contributed by atoms with van der Waals surface area (Å²) in [6.45, 7) is 5.46. The van der Waals surface area contributed by atoms with Gasteiger partial charge in [0, 0.05) is 25.7 Å². The van der Waals surface area contributed by atoms with Crippen LogP contribution >= 0.6 is 0 Å². The van der Waals surface area contributed by atoms with Crippen LogP contribution in [0.5, 0.6) is 0 Å². The van der Waals surface area contributed by atoms with E-state index in [0.717, 1.165) is 0 Å². The Bertz CT molecular complexity index is 903. The second-order valence-corrected chi connectivity index (χ2v) is 6.43. The van der Waals surface area contributed by atoms with Gasteiger partial charge in [0.05, 0.1) is 11.3 Å². The Morgan fingerprint density at radius 2 is 2.00 bits per heavy atom. The Balaban J connectivity index is 2.04. The lowest BCUT2D eigenvalue weighted by Gasteiger charge is -2.35. The summed E-state index contributed by atoms with van der Waals surface area (Å²) < 4.78 is 13.6. The van der Waals surface area contributed by atoms with Gasteiger partial charge in [0.25, 0.3) is 5.91 Å². The predicted molar refractivity (Wildman–Crippen MR) is 93.5 cm³/mol. The third kappa shape index (κ3) is 3.00. The lowest BCUT2D eigenvalue weighted by molar-refractivity contribution is -0.128. The Labute approximate surface area is 150 Å². The van der Waals surface area contributed by atoms with E-state index >= 15 is 0 Å². The normalized spacial score (nSPS) is 17.2. The number of carbonyl (C=O) groups is 3. The van der Waals surface area contributed by atoms with E-state index in [1.165, 1.54) is 30.0 Å². The second kappa shape index (κ2) is 6.74. The van der Waals surface area contributed by atoms with Crippen molar-refractivity contribution < 1.29 is 18.8 Å². The Morgan fingerprint density at radius 1 is 1.27 bits per heavy atom. The van der Waals surface area contributed by atoms with Crippen LogP contribution in [0.4, 0.5) is 4.39 Å². The number of carbonyl (C=O) groups excluding carboxylic acids is 3. The highest BCUT2D eigenvalue weighted by molar-refractivity contribution is 6.04. The number of H-pyrrole nitrogens is 1. The highest BCUT2D eigenvalue weighted by Gasteiger charge is 2.36. The van der Waals surface area contributed by atoms with Gasteiger partial charge in [-0.1, -0.05) is 12.1 Å². The number of amides is 2. The number of halogens is 1. The molecule has 0 aliphatic carbocycles. The molecule has 0 saturated carbocycles. The SMILES string of the molecule is CC(=O)c1[nH]c(C)c(C(=O)N2CCNC(=O)[C@@H]2c2cccc(F)c2)c1C. The minimum absolute atomic E-state index is 0.164. The minimum Gasteiger partial charge on any atom is -0.355 e. The zero-order valence-corrected chi connectivity index (χ0v) is 14.9. The molecule has 0 spiro atoms. The van der Waals surface area contributed by atoms with E-state index in [9.17, 15) is 18.8 Å². The molecule has 1 atom stereocenters. The van der Waals surface area contributed by atoms with Crippen molar-refractivity contribution in [3.8, 4) is 0 Å². The maximum absolute atomic E-state index is 13.6. The fourth-order valence-corrected chi connectivity index (χ4v) is 3.46. The molecule has 1 fully saturated rings. The number of nitrogens with one attached hydrogen (secondary N) is 2. The number of piperazine rings is 1. The molecule has 1 aromatic heterocycles. The number of benzene rings is 1. The summed E-state index contributed by atoms with van der Waals surface area (Å²) in [6, 6.07) is 4.76. The van der Waals surface area contributed by atoms with E-state index in [1.54, 1.807) is 19.9 Å².